The predicted molar refractivity (Wildman–Crippen MR) is 50.3 cm³/mol. The van der Waals surface area contributed by atoms with Crippen LogP contribution < -0.4 is 18.1 Å². The lowest BCUT2D eigenvalue weighted by Crippen LogP contribution is -3.00. The number of thioether (sulfide) groups is 1. The molecule has 0 unspecified atom stereocenters. The van der Waals surface area contributed by atoms with Gasteiger partial charge in [-0.1, -0.05) is 12.1 Å². The standard InChI is InChI=1S/C9H11NOS.ClH/c1-12-8-4-2-7(3-5-8)9(11)6-10;/h2-5H,6,10H2,1H3;1H. The molecular formula is C9H12ClNOS. The molecule has 4 heteroatoms. The van der Waals surface area contributed by atoms with E-state index in [0.717, 1.165) is 5.56 Å². The monoisotopic (exact) mass is 217 g/mol. The van der Waals surface area contributed by atoms with Gasteiger partial charge in [0, 0.05) is 10.5 Å². The lowest BCUT2D eigenvalue weighted by molar-refractivity contribution is -0.349. The number of hydrogen-bond acceptors (Lipinski definition) is 2. The van der Waals surface area contributed by atoms with Gasteiger partial charge in [0.1, 0.15) is 6.54 Å². The molecule has 0 saturated carbocycles. The molecule has 72 valence electrons. The third-order valence-corrected chi connectivity index (χ3v) is 2.38. The lowest BCUT2D eigenvalue weighted by Gasteiger charge is -1.97. The summed E-state index contributed by atoms with van der Waals surface area (Å²) in [5, 5.41) is 0. The number of hydrogen-bond donors (Lipinski definition) is 1. The van der Waals surface area contributed by atoms with Crippen molar-refractivity contribution < 1.29 is 22.9 Å². The Labute approximate surface area is 88.3 Å². The summed E-state index contributed by atoms with van der Waals surface area (Å²) in [5.41, 5.74) is 4.30. The molecule has 0 heterocycles. The molecule has 3 N–H and O–H groups in total. The number of carbonyl (C=O) groups excluding carboxylic acids is 1. The Morgan fingerprint density at radius 1 is 1.38 bits per heavy atom. The first-order valence-corrected chi connectivity index (χ1v) is 4.97. The van der Waals surface area contributed by atoms with E-state index in [1.165, 1.54) is 4.90 Å². The zero-order chi connectivity index (χ0) is 8.97. The number of quaternary nitrogens is 1. The molecule has 0 atom stereocenters. The van der Waals surface area contributed by atoms with Crippen LogP contribution >= 0.6 is 11.8 Å². The highest BCUT2D eigenvalue weighted by Crippen LogP contribution is 2.14. The van der Waals surface area contributed by atoms with Crippen LogP contribution in [0.2, 0.25) is 0 Å². The van der Waals surface area contributed by atoms with E-state index in [1.807, 2.05) is 30.5 Å². The Morgan fingerprint density at radius 2 is 1.92 bits per heavy atom. The van der Waals surface area contributed by atoms with Gasteiger partial charge in [0.25, 0.3) is 0 Å². The minimum absolute atomic E-state index is 0. The van der Waals surface area contributed by atoms with E-state index in [1.54, 1.807) is 11.8 Å². The molecule has 0 aromatic heterocycles. The second kappa shape index (κ2) is 6.02. The van der Waals surface area contributed by atoms with Crippen molar-refractivity contribution in [2.24, 2.45) is 0 Å². The average Bonchev–Trinajstić information content (AvgIpc) is 2.17. The van der Waals surface area contributed by atoms with Crippen molar-refractivity contribution in [3.8, 4) is 0 Å². The lowest BCUT2D eigenvalue weighted by atomic mass is 10.1. The fourth-order valence-corrected chi connectivity index (χ4v) is 1.33. The van der Waals surface area contributed by atoms with E-state index in [2.05, 4.69) is 5.73 Å². The molecule has 1 aromatic rings. The van der Waals surface area contributed by atoms with Gasteiger partial charge in [-0.2, -0.15) is 0 Å². The maximum Gasteiger partial charge on any atom is 0.216 e. The van der Waals surface area contributed by atoms with Crippen LogP contribution in [0.3, 0.4) is 0 Å². The summed E-state index contributed by atoms with van der Waals surface area (Å²) < 4.78 is 0. The van der Waals surface area contributed by atoms with E-state index in [9.17, 15) is 4.79 Å². The van der Waals surface area contributed by atoms with Crippen LogP contribution in [0, 0.1) is 0 Å². The van der Waals surface area contributed by atoms with Gasteiger partial charge in [-0.05, 0) is 18.4 Å². The molecule has 1 aromatic carbocycles. The van der Waals surface area contributed by atoms with Crippen molar-refractivity contribution in [3.05, 3.63) is 29.8 Å². The molecule has 0 aliphatic carbocycles. The first-order valence-electron chi connectivity index (χ1n) is 3.74. The van der Waals surface area contributed by atoms with E-state index in [4.69, 9.17) is 0 Å². The van der Waals surface area contributed by atoms with Crippen LogP contribution in [0.25, 0.3) is 0 Å². The first-order chi connectivity index (χ1) is 5.77. The molecule has 0 aliphatic rings. The maximum atomic E-state index is 11.1. The highest BCUT2D eigenvalue weighted by atomic mass is 35.5. The number of carbonyl (C=O) groups is 1. The summed E-state index contributed by atoms with van der Waals surface area (Å²) in [5.74, 6) is 0.0997. The van der Waals surface area contributed by atoms with E-state index in [-0.39, 0.29) is 18.2 Å². The quantitative estimate of drug-likeness (QED) is 0.463. The minimum atomic E-state index is 0. The Morgan fingerprint density at radius 3 is 2.31 bits per heavy atom. The third-order valence-electron chi connectivity index (χ3n) is 1.64. The van der Waals surface area contributed by atoms with Crippen LogP contribution in [-0.2, 0) is 0 Å². The molecule has 13 heavy (non-hydrogen) atoms. The third kappa shape index (κ3) is 3.38. The molecule has 0 bridgehead atoms. The van der Waals surface area contributed by atoms with Crippen molar-refractivity contribution in [1.82, 2.24) is 0 Å². The van der Waals surface area contributed by atoms with E-state index >= 15 is 0 Å². The Hall–Kier alpha value is -0.510. The van der Waals surface area contributed by atoms with Crippen LogP contribution in [0.1, 0.15) is 10.4 Å². The van der Waals surface area contributed by atoms with Crippen LogP contribution in [0.15, 0.2) is 29.2 Å². The van der Waals surface area contributed by atoms with Gasteiger partial charge in [0.15, 0.2) is 0 Å². The zero-order valence-electron chi connectivity index (χ0n) is 7.42. The normalized spacial score (nSPS) is 9.08. The summed E-state index contributed by atoms with van der Waals surface area (Å²) in [6.45, 7) is 0.332. The highest BCUT2D eigenvalue weighted by molar-refractivity contribution is 7.98. The molecule has 1 rings (SSSR count). The number of ketones is 1. The van der Waals surface area contributed by atoms with Gasteiger partial charge in [-0.3, -0.25) is 4.79 Å². The largest absolute Gasteiger partial charge is 1.00 e. The average molecular weight is 218 g/mol. The second-order valence-corrected chi connectivity index (χ2v) is 3.28. The van der Waals surface area contributed by atoms with Gasteiger partial charge >= 0.3 is 0 Å². The van der Waals surface area contributed by atoms with Gasteiger partial charge in [-0.25, -0.2) is 0 Å². The van der Waals surface area contributed by atoms with Gasteiger partial charge in [0.05, 0.1) is 0 Å². The molecule has 0 amide bonds. The van der Waals surface area contributed by atoms with E-state index < -0.39 is 0 Å². The van der Waals surface area contributed by atoms with E-state index in [0.29, 0.717) is 6.54 Å². The summed E-state index contributed by atoms with van der Waals surface area (Å²) in [4.78, 5) is 12.3. The summed E-state index contributed by atoms with van der Waals surface area (Å²) in [6.07, 6.45) is 2.01. The van der Waals surface area contributed by atoms with Crippen molar-refractivity contribution in [2.45, 2.75) is 4.90 Å². The smallest absolute Gasteiger partial charge is 0.216 e. The van der Waals surface area contributed by atoms with Crippen molar-refractivity contribution in [1.29, 1.82) is 0 Å². The van der Waals surface area contributed by atoms with Crippen molar-refractivity contribution >= 4 is 17.5 Å². The fourth-order valence-electron chi connectivity index (χ4n) is 0.921. The Bertz CT molecular complexity index is 273. The number of Topliss-reactive ketones (excluding diaryl/α,β-unsaturated/α-hetero) is 1. The molecular weight excluding hydrogens is 206 g/mol. The van der Waals surface area contributed by atoms with Crippen molar-refractivity contribution in [2.75, 3.05) is 12.8 Å². The Kier molecular flexibility index (Phi) is 5.79. The summed E-state index contributed by atoms with van der Waals surface area (Å²) >= 11 is 1.67. The van der Waals surface area contributed by atoms with Gasteiger partial charge in [-0.15, -0.1) is 11.8 Å². The molecule has 0 aliphatic heterocycles. The molecule has 2 nitrogen and oxygen atoms in total. The maximum absolute atomic E-state index is 11.1. The number of benzene rings is 1. The summed E-state index contributed by atoms with van der Waals surface area (Å²) in [6, 6.07) is 7.60. The molecule has 0 spiro atoms. The SMILES string of the molecule is CSc1ccc(C(=O)C[NH3+])cc1.[Cl-]. The highest BCUT2D eigenvalue weighted by Gasteiger charge is 2.03. The van der Waals surface area contributed by atoms with Crippen LogP contribution in [0.5, 0.6) is 0 Å². The van der Waals surface area contributed by atoms with Gasteiger partial charge < -0.3 is 18.1 Å². The Balaban J connectivity index is 0.00000144. The predicted octanol–water partition coefficient (Wildman–Crippen LogP) is -2.16. The van der Waals surface area contributed by atoms with Crippen LogP contribution in [-0.4, -0.2) is 18.6 Å². The number of rotatable bonds is 3. The van der Waals surface area contributed by atoms with Crippen LogP contribution in [0.4, 0.5) is 0 Å². The minimum Gasteiger partial charge on any atom is -1.00 e. The fraction of sp³-hybridized carbons (Fsp3) is 0.222. The van der Waals surface area contributed by atoms with Crippen molar-refractivity contribution in [3.63, 3.8) is 0 Å². The molecule has 0 fully saturated rings. The first kappa shape index (κ1) is 12.5. The number of halogens is 1. The second-order valence-electron chi connectivity index (χ2n) is 2.40. The molecule has 0 radical (unpaired) electrons. The zero-order valence-corrected chi connectivity index (χ0v) is 8.99. The summed E-state index contributed by atoms with van der Waals surface area (Å²) in [7, 11) is 0. The topological polar surface area (TPSA) is 44.7 Å². The van der Waals surface area contributed by atoms with Gasteiger partial charge in [0.2, 0.25) is 5.78 Å². The molecule has 0 saturated heterocycles.